The normalized spacial score (nSPS) is 15.2. The van der Waals surface area contributed by atoms with E-state index in [-0.39, 0.29) is 0 Å². The molecule has 4 nitrogen and oxygen atoms in total. The smallest absolute Gasteiger partial charge is 0.125 e. The molecule has 3 heterocycles. The molecule has 1 aliphatic rings. The van der Waals surface area contributed by atoms with Gasteiger partial charge in [-0.2, -0.15) is 0 Å². The second-order valence-corrected chi connectivity index (χ2v) is 6.29. The van der Waals surface area contributed by atoms with Crippen molar-refractivity contribution in [3.8, 4) is 0 Å². The summed E-state index contributed by atoms with van der Waals surface area (Å²) in [5.41, 5.74) is 4.86. The molecule has 0 aliphatic carbocycles. The highest BCUT2D eigenvalue weighted by atomic mass is 35.5. The molecule has 22 heavy (non-hydrogen) atoms. The van der Waals surface area contributed by atoms with Crippen LogP contribution in [0.1, 0.15) is 22.6 Å². The maximum absolute atomic E-state index is 6.13. The van der Waals surface area contributed by atoms with E-state index in [0.717, 1.165) is 48.1 Å². The van der Waals surface area contributed by atoms with E-state index in [2.05, 4.69) is 26.0 Å². The SMILES string of the molecule is Cc1ncc2c(n1)CN(Cc1c[nH]c3ccc(Cl)cc13)CC2. The number of hydrogen-bond acceptors (Lipinski definition) is 3. The summed E-state index contributed by atoms with van der Waals surface area (Å²) in [4.78, 5) is 14.6. The van der Waals surface area contributed by atoms with Crippen molar-refractivity contribution in [3.05, 3.63) is 58.3 Å². The van der Waals surface area contributed by atoms with E-state index < -0.39 is 0 Å². The van der Waals surface area contributed by atoms with Gasteiger partial charge in [0.2, 0.25) is 0 Å². The summed E-state index contributed by atoms with van der Waals surface area (Å²) in [6.07, 6.45) is 5.07. The fraction of sp³-hybridized carbons (Fsp3) is 0.294. The summed E-state index contributed by atoms with van der Waals surface area (Å²) >= 11 is 6.13. The third-order valence-electron chi connectivity index (χ3n) is 4.27. The largest absolute Gasteiger partial charge is 0.361 e. The number of nitrogens with zero attached hydrogens (tertiary/aromatic N) is 3. The van der Waals surface area contributed by atoms with E-state index in [1.54, 1.807) is 0 Å². The first-order valence-corrected chi connectivity index (χ1v) is 7.86. The minimum atomic E-state index is 0.778. The van der Waals surface area contributed by atoms with Gasteiger partial charge in [0.05, 0.1) is 5.69 Å². The number of hydrogen-bond donors (Lipinski definition) is 1. The fourth-order valence-electron chi connectivity index (χ4n) is 3.11. The number of halogens is 1. The van der Waals surface area contributed by atoms with Crippen LogP contribution in [0.3, 0.4) is 0 Å². The monoisotopic (exact) mass is 312 g/mol. The molecular formula is C17H17ClN4. The summed E-state index contributed by atoms with van der Waals surface area (Å²) in [5, 5.41) is 1.98. The first-order valence-electron chi connectivity index (χ1n) is 7.48. The first-order chi connectivity index (χ1) is 10.7. The molecule has 2 aromatic heterocycles. The summed E-state index contributed by atoms with van der Waals surface area (Å²) in [6, 6.07) is 5.98. The molecule has 112 valence electrons. The number of rotatable bonds is 2. The number of aromatic nitrogens is 3. The Kier molecular flexibility index (Phi) is 3.36. The Hall–Kier alpha value is -1.91. The number of fused-ring (bicyclic) bond motifs is 2. The second-order valence-electron chi connectivity index (χ2n) is 5.85. The molecule has 0 amide bonds. The molecular weight excluding hydrogens is 296 g/mol. The number of aryl methyl sites for hydroxylation is 1. The van der Waals surface area contributed by atoms with Crippen LogP contribution in [0.25, 0.3) is 10.9 Å². The Bertz CT molecular complexity index is 840. The number of nitrogens with one attached hydrogen (secondary N) is 1. The zero-order valence-corrected chi connectivity index (χ0v) is 13.2. The van der Waals surface area contributed by atoms with Crippen molar-refractivity contribution >= 4 is 22.5 Å². The van der Waals surface area contributed by atoms with Gasteiger partial charge in [0.1, 0.15) is 5.82 Å². The number of benzene rings is 1. The van der Waals surface area contributed by atoms with Gasteiger partial charge in [0.15, 0.2) is 0 Å². The van der Waals surface area contributed by atoms with Gasteiger partial charge in [-0.3, -0.25) is 4.90 Å². The predicted molar refractivity (Wildman–Crippen MR) is 87.9 cm³/mol. The van der Waals surface area contributed by atoms with E-state index in [1.165, 1.54) is 16.5 Å². The fourth-order valence-corrected chi connectivity index (χ4v) is 3.29. The van der Waals surface area contributed by atoms with Crippen molar-refractivity contribution in [1.29, 1.82) is 0 Å². The molecule has 0 radical (unpaired) electrons. The lowest BCUT2D eigenvalue weighted by atomic mass is 10.1. The average molecular weight is 313 g/mol. The molecule has 1 aromatic carbocycles. The van der Waals surface area contributed by atoms with Gasteiger partial charge < -0.3 is 4.98 Å². The minimum Gasteiger partial charge on any atom is -0.361 e. The molecule has 0 fully saturated rings. The summed E-state index contributed by atoms with van der Waals surface area (Å²) in [7, 11) is 0. The lowest BCUT2D eigenvalue weighted by Gasteiger charge is -2.27. The molecule has 4 rings (SSSR count). The van der Waals surface area contributed by atoms with Gasteiger partial charge in [-0.1, -0.05) is 11.6 Å². The second kappa shape index (κ2) is 5.38. The van der Waals surface area contributed by atoms with Crippen molar-refractivity contribution in [3.63, 3.8) is 0 Å². The Morgan fingerprint density at radius 2 is 2.27 bits per heavy atom. The van der Waals surface area contributed by atoms with Crippen molar-refractivity contribution in [2.45, 2.75) is 26.4 Å². The predicted octanol–water partition coefficient (Wildman–Crippen LogP) is 3.48. The van der Waals surface area contributed by atoms with Crippen LogP contribution in [0, 0.1) is 6.92 Å². The molecule has 0 saturated heterocycles. The zero-order valence-electron chi connectivity index (χ0n) is 12.4. The van der Waals surface area contributed by atoms with Crippen LogP contribution in [0.15, 0.2) is 30.6 Å². The van der Waals surface area contributed by atoms with Crippen LogP contribution in [-0.2, 0) is 19.5 Å². The molecule has 1 aliphatic heterocycles. The summed E-state index contributed by atoms with van der Waals surface area (Å²) in [6.45, 7) is 4.77. The maximum Gasteiger partial charge on any atom is 0.125 e. The maximum atomic E-state index is 6.13. The van der Waals surface area contributed by atoms with Gasteiger partial charge in [0.25, 0.3) is 0 Å². The quantitative estimate of drug-likeness (QED) is 0.788. The van der Waals surface area contributed by atoms with Crippen molar-refractivity contribution in [1.82, 2.24) is 19.9 Å². The standard InChI is InChI=1S/C17H17ClN4/c1-11-19-7-12-4-5-22(10-17(12)21-11)9-13-8-20-16-3-2-14(18)6-15(13)16/h2-3,6-8,20H,4-5,9-10H2,1H3. The molecule has 0 spiro atoms. The molecule has 0 saturated carbocycles. The molecule has 1 N–H and O–H groups in total. The van der Waals surface area contributed by atoms with Crippen LogP contribution in [0.2, 0.25) is 5.02 Å². The lowest BCUT2D eigenvalue weighted by Crippen LogP contribution is -2.31. The number of aromatic amines is 1. The first kappa shape index (κ1) is 13.7. The summed E-state index contributed by atoms with van der Waals surface area (Å²) in [5.74, 6) is 0.847. The van der Waals surface area contributed by atoms with Crippen LogP contribution < -0.4 is 0 Å². The van der Waals surface area contributed by atoms with Gasteiger partial charge in [-0.15, -0.1) is 0 Å². The minimum absolute atomic E-state index is 0.778. The summed E-state index contributed by atoms with van der Waals surface area (Å²) < 4.78 is 0. The Morgan fingerprint density at radius 1 is 1.36 bits per heavy atom. The third-order valence-corrected chi connectivity index (χ3v) is 4.50. The van der Waals surface area contributed by atoms with E-state index >= 15 is 0 Å². The van der Waals surface area contributed by atoms with Crippen molar-refractivity contribution in [2.24, 2.45) is 0 Å². The average Bonchev–Trinajstić information content (AvgIpc) is 2.89. The van der Waals surface area contributed by atoms with Gasteiger partial charge >= 0.3 is 0 Å². The van der Waals surface area contributed by atoms with Crippen LogP contribution in [0.4, 0.5) is 0 Å². The third kappa shape index (κ3) is 2.49. The Morgan fingerprint density at radius 3 is 3.18 bits per heavy atom. The van der Waals surface area contributed by atoms with Crippen molar-refractivity contribution in [2.75, 3.05) is 6.54 Å². The zero-order chi connectivity index (χ0) is 15.1. The number of H-pyrrole nitrogens is 1. The van der Waals surface area contributed by atoms with Crippen LogP contribution >= 0.6 is 11.6 Å². The lowest BCUT2D eigenvalue weighted by molar-refractivity contribution is 0.241. The van der Waals surface area contributed by atoms with Crippen LogP contribution in [0.5, 0.6) is 0 Å². The van der Waals surface area contributed by atoms with Gasteiger partial charge in [-0.25, -0.2) is 9.97 Å². The molecule has 0 atom stereocenters. The van der Waals surface area contributed by atoms with Gasteiger partial charge in [-0.05, 0) is 42.7 Å². The Balaban J connectivity index is 1.60. The highest BCUT2D eigenvalue weighted by Gasteiger charge is 2.19. The van der Waals surface area contributed by atoms with E-state index in [4.69, 9.17) is 11.6 Å². The van der Waals surface area contributed by atoms with E-state index in [1.807, 2.05) is 31.3 Å². The highest BCUT2D eigenvalue weighted by Crippen LogP contribution is 2.25. The topological polar surface area (TPSA) is 44.8 Å². The van der Waals surface area contributed by atoms with E-state index in [0.29, 0.717) is 0 Å². The van der Waals surface area contributed by atoms with E-state index in [9.17, 15) is 0 Å². The van der Waals surface area contributed by atoms with Crippen molar-refractivity contribution < 1.29 is 0 Å². The Labute approximate surface area is 134 Å². The van der Waals surface area contributed by atoms with Gasteiger partial charge in [0, 0.05) is 48.0 Å². The van der Waals surface area contributed by atoms with Crippen LogP contribution in [-0.4, -0.2) is 26.4 Å². The molecule has 0 unspecified atom stereocenters. The highest BCUT2D eigenvalue weighted by molar-refractivity contribution is 6.31. The molecule has 0 bridgehead atoms. The molecule has 3 aromatic rings. The molecule has 5 heteroatoms.